The lowest BCUT2D eigenvalue weighted by atomic mass is 10.2. The summed E-state index contributed by atoms with van der Waals surface area (Å²) in [6, 6.07) is 8.20. The van der Waals surface area contributed by atoms with E-state index in [2.05, 4.69) is 32.7 Å². The highest BCUT2D eigenvalue weighted by Crippen LogP contribution is 2.21. The molecule has 7 heteroatoms. The predicted molar refractivity (Wildman–Crippen MR) is 106 cm³/mol. The van der Waals surface area contributed by atoms with E-state index in [4.69, 9.17) is 0 Å². The molecule has 3 rings (SSSR count). The fourth-order valence-corrected chi connectivity index (χ4v) is 3.61. The van der Waals surface area contributed by atoms with Crippen LogP contribution in [0, 0.1) is 0 Å². The molecule has 0 aromatic heterocycles. The molecule has 132 valence electrons. The van der Waals surface area contributed by atoms with E-state index < -0.39 is 0 Å². The summed E-state index contributed by atoms with van der Waals surface area (Å²) in [7, 11) is 0. The highest BCUT2D eigenvalue weighted by Gasteiger charge is 2.11. The topological polar surface area (TPSA) is 56.7 Å². The molecular weight excluding hydrogens is 344 g/mol. The van der Waals surface area contributed by atoms with E-state index in [-0.39, 0.29) is 18.3 Å². The van der Waals surface area contributed by atoms with E-state index in [9.17, 15) is 4.79 Å². The molecule has 1 aromatic rings. The van der Waals surface area contributed by atoms with Crippen molar-refractivity contribution in [3.05, 3.63) is 24.3 Å². The monoisotopic (exact) mass is 368 g/mol. The predicted octanol–water partition coefficient (Wildman–Crippen LogP) is 3.12. The highest BCUT2D eigenvalue weighted by molar-refractivity contribution is 8.14. The van der Waals surface area contributed by atoms with E-state index in [0.29, 0.717) is 5.75 Å². The van der Waals surface area contributed by atoms with Crippen LogP contribution in [0.25, 0.3) is 0 Å². The van der Waals surface area contributed by atoms with Crippen molar-refractivity contribution in [1.82, 2.24) is 5.32 Å². The van der Waals surface area contributed by atoms with Gasteiger partial charge in [-0.15, -0.1) is 12.4 Å². The number of thioether (sulfide) groups is 1. The number of rotatable bonds is 4. The van der Waals surface area contributed by atoms with Crippen LogP contribution in [-0.4, -0.2) is 43.0 Å². The van der Waals surface area contributed by atoms with Crippen molar-refractivity contribution in [3.8, 4) is 0 Å². The number of halogens is 1. The zero-order valence-corrected chi connectivity index (χ0v) is 15.4. The Labute approximate surface area is 154 Å². The maximum Gasteiger partial charge on any atom is 0.234 e. The number of carbonyl (C=O) groups excluding carboxylic acids is 1. The molecule has 0 bridgehead atoms. The number of hydrogen-bond acceptors (Lipinski definition) is 5. The van der Waals surface area contributed by atoms with Gasteiger partial charge in [0.1, 0.15) is 0 Å². The van der Waals surface area contributed by atoms with Gasteiger partial charge in [0.05, 0.1) is 12.3 Å². The van der Waals surface area contributed by atoms with Crippen molar-refractivity contribution in [2.24, 2.45) is 4.99 Å². The molecule has 0 spiro atoms. The number of aliphatic imine (C=N–C) groups is 1. The average molecular weight is 369 g/mol. The second-order valence-electron chi connectivity index (χ2n) is 5.90. The summed E-state index contributed by atoms with van der Waals surface area (Å²) < 4.78 is 0. The number of hydrogen-bond donors (Lipinski definition) is 2. The molecule has 1 fully saturated rings. The van der Waals surface area contributed by atoms with Crippen LogP contribution in [0.1, 0.15) is 25.7 Å². The van der Waals surface area contributed by atoms with E-state index in [1.165, 1.54) is 43.1 Å². The van der Waals surface area contributed by atoms with Crippen LogP contribution < -0.4 is 15.5 Å². The summed E-state index contributed by atoms with van der Waals surface area (Å²) in [4.78, 5) is 18.7. The van der Waals surface area contributed by atoms with Crippen LogP contribution in [0.3, 0.4) is 0 Å². The Morgan fingerprint density at radius 1 is 1.17 bits per heavy atom. The zero-order valence-electron chi connectivity index (χ0n) is 13.8. The van der Waals surface area contributed by atoms with Crippen LogP contribution in [0.2, 0.25) is 0 Å². The summed E-state index contributed by atoms with van der Waals surface area (Å²) in [6.07, 6.45) is 5.21. The zero-order chi connectivity index (χ0) is 15.9. The lowest BCUT2D eigenvalue weighted by Crippen LogP contribution is -2.23. The van der Waals surface area contributed by atoms with Gasteiger partial charge in [0.25, 0.3) is 0 Å². The van der Waals surface area contributed by atoms with Gasteiger partial charge in [0, 0.05) is 31.0 Å². The summed E-state index contributed by atoms with van der Waals surface area (Å²) in [5.74, 6) is 0.397. The molecule has 1 saturated heterocycles. The molecule has 5 nitrogen and oxygen atoms in total. The van der Waals surface area contributed by atoms with E-state index in [0.717, 1.165) is 37.0 Å². The highest BCUT2D eigenvalue weighted by atomic mass is 35.5. The minimum atomic E-state index is 0. The van der Waals surface area contributed by atoms with Gasteiger partial charge < -0.3 is 15.5 Å². The number of amides is 1. The van der Waals surface area contributed by atoms with Crippen molar-refractivity contribution in [3.63, 3.8) is 0 Å². The third-order valence-corrected chi connectivity index (χ3v) is 5.06. The van der Waals surface area contributed by atoms with Crippen molar-refractivity contribution >= 4 is 46.6 Å². The van der Waals surface area contributed by atoms with Crippen molar-refractivity contribution in [1.29, 1.82) is 0 Å². The smallest absolute Gasteiger partial charge is 0.234 e. The lowest BCUT2D eigenvalue weighted by Gasteiger charge is -2.22. The van der Waals surface area contributed by atoms with E-state index in [1.54, 1.807) is 0 Å². The molecule has 0 saturated carbocycles. The summed E-state index contributed by atoms with van der Waals surface area (Å²) in [6.45, 7) is 3.96. The molecule has 2 aliphatic rings. The van der Waals surface area contributed by atoms with Gasteiger partial charge >= 0.3 is 0 Å². The number of nitrogens with zero attached hydrogens (tertiary/aromatic N) is 2. The van der Waals surface area contributed by atoms with Crippen LogP contribution >= 0.6 is 24.2 Å². The first-order chi connectivity index (χ1) is 11.3. The molecule has 0 unspecified atom stereocenters. The standard InChI is InChI=1S/C17H24N4OS.ClH/c22-16(13-23-17-18-9-10-19-17)20-14-5-7-15(8-6-14)21-11-3-1-2-4-12-21;/h5-8H,1-4,9-13H2,(H,18,19)(H,20,22);1H. The second-order valence-corrected chi connectivity index (χ2v) is 6.86. The first-order valence-electron chi connectivity index (χ1n) is 8.37. The van der Waals surface area contributed by atoms with Crippen molar-refractivity contribution in [2.45, 2.75) is 25.7 Å². The maximum atomic E-state index is 12.0. The Morgan fingerprint density at radius 3 is 2.50 bits per heavy atom. The van der Waals surface area contributed by atoms with E-state index in [1.807, 2.05) is 12.1 Å². The van der Waals surface area contributed by atoms with Gasteiger partial charge in [-0.05, 0) is 37.1 Å². The molecule has 0 radical (unpaired) electrons. The van der Waals surface area contributed by atoms with Gasteiger partial charge in [-0.1, -0.05) is 24.6 Å². The molecule has 2 aliphatic heterocycles. The Kier molecular flexibility index (Phi) is 7.72. The minimum Gasteiger partial charge on any atom is -0.372 e. The fraction of sp³-hybridized carbons (Fsp3) is 0.529. The van der Waals surface area contributed by atoms with Crippen molar-refractivity contribution in [2.75, 3.05) is 42.1 Å². The number of benzene rings is 1. The number of amidine groups is 1. The molecule has 2 heterocycles. The third kappa shape index (κ3) is 5.60. The largest absolute Gasteiger partial charge is 0.372 e. The molecule has 1 amide bonds. The molecule has 1 aromatic carbocycles. The Hall–Kier alpha value is -1.40. The Bertz CT molecular complexity index is 556. The van der Waals surface area contributed by atoms with Gasteiger partial charge in [0.15, 0.2) is 5.17 Å². The molecule has 24 heavy (non-hydrogen) atoms. The summed E-state index contributed by atoms with van der Waals surface area (Å²) >= 11 is 1.46. The molecular formula is C17H25ClN4OS. The van der Waals surface area contributed by atoms with Crippen LogP contribution in [0.4, 0.5) is 11.4 Å². The van der Waals surface area contributed by atoms with Crippen molar-refractivity contribution < 1.29 is 4.79 Å². The first kappa shape index (κ1) is 18.9. The number of anilines is 2. The molecule has 2 N–H and O–H groups in total. The quantitative estimate of drug-likeness (QED) is 0.857. The fourth-order valence-electron chi connectivity index (χ4n) is 2.89. The van der Waals surface area contributed by atoms with Gasteiger partial charge in [-0.25, -0.2) is 0 Å². The summed E-state index contributed by atoms with van der Waals surface area (Å²) in [5.41, 5.74) is 2.11. The normalized spacial score (nSPS) is 17.3. The van der Waals surface area contributed by atoms with Crippen LogP contribution in [0.15, 0.2) is 29.3 Å². The SMILES string of the molecule is Cl.O=C(CSC1=NCCN1)Nc1ccc(N2CCCCCC2)cc1. The van der Waals surface area contributed by atoms with Gasteiger partial charge in [0.2, 0.25) is 5.91 Å². The van der Waals surface area contributed by atoms with E-state index >= 15 is 0 Å². The Balaban J connectivity index is 0.00000208. The number of nitrogens with one attached hydrogen (secondary N) is 2. The number of carbonyl (C=O) groups is 1. The average Bonchev–Trinajstić information content (AvgIpc) is 2.94. The lowest BCUT2D eigenvalue weighted by molar-refractivity contribution is -0.113. The second kappa shape index (κ2) is 9.79. The van der Waals surface area contributed by atoms with Crippen LogP contribution in [-0.2, 0) is 4.79 Å². The maximum absolute atomic E-state index is 12.0. The summed E-state index contributed by atoms with van der Waals surface area (Å²) in [5, 5.41) is 6.97. The van der Waals surface area contributed by atoms with Crippen LogP contribution in [0.5, 0.6) is 0 Å². The third-order valence-electron chi connectivity index (χ3n) is 4.11. The Morgan fingerprint density at radius 2 is 1.88 bits per heavy atom. The first-order valence-corrected chi connectivity index (χ1v) is 9.36. The minimum absolute atomic E-state index is 0. The molecule has 0 aliphatic carbocycles. The van der Waals surface area contributed by atoms with Gasteiger partial charge in [-0.2, -0.15) is 0 Å². The molecule has 0 atom stereocenters. The van der Waals surface area contributed by atoms with Gasteiger partial charge in [-0.3, -0.25) is 9.79 Å².